The molecule has 1 unspecified atom stereocenters. The molecule has 1 heterocycles. The first kappa shape index (κ1) is 10.5. The summed E-state index contributed by atoms with van der Waals surface area (Å²) in [5.41, 5.74) is -0.267. The Morgan fingerprint density at radius 3 is 2.62 bits per heavy atom. The average Bonchev–Trinajstić information content (AvgIpc) is 1.96. The molecule has 0 aromatic rings. The highest BCUT2D eigenvalue weighted by molar-refractivity contribution is 4.93. The molecule has 3 heteroatoms. The molecule has 0 radical (unpaired) electrons. The van der Waals surface area contributed by atoms with E-state index >= 15 is 0 Å². The molecule has 0 saturated carbocycles. The minimum atomic E-state index is -0.267. The van der Waals surface area contributed by atoms with E-state index in [-0.39, 0.29) is 11.5 Å². The van der Waals surface area contributed by atoms with Crippen LogP contribution in [-0.2, 0) is 4.74 Å². The van der Waals surface area contributed by atoms with Crippen LogP contribution in [-0.4, -0.2) is 25.3 Å². The molecule has 0 spiro atoms. The van der Waals surface area contributed by atoms with Crippen LogP contribution < -0.4 is 5.32 Å². The second-order valence-corrected chi connectivity index (χ2v) is 4.43. The van der Waals surface area contributed by atoms with Gasteiger partial charge in [0.2, 0.25) is 0 Å². The maximum Gasteiger partial charge on any atom is 0.0827 e. The standard InChI is InChI=1S/C10H18N2O/c1-8(4-10(2,3)7-11)13-9-5-12-6-9/h8-9,12H,4-6H2,1-3H3. The minimum Gasteiger partial charge on any atom is -0.373 e. The molecule has 3 nitrogen and oxygen atoms in total. The fourth-order valence-corrected chi connectivity index (χ4v) is 1.50. The van der Waals surface area contributed by atoms with Crippen molar-refractivity contribution in [1.82, 2.24) is 5.32 Å². The van der Waals surface area contributed by atoms with Crippen LogP contribution in [0.15, 0.2) is 0 Å². The number of ether oxygens (including phenoxy) is 1. The van der Waals surface area contributed by atoms with Crippen molar-refractivity contribution in [3.63, 3.8) is 0 Å². The first-order valence-corrected chi connectivity index (χ1v) is 4.81. The summed E-state index contributed by atoms with van der Waals surface area (Å²) in [6, 6.07) is 2.29. The first-order valence-electron chi connectivity index (χ1n) is 4.81. The maximum absolute atomic E-state index is 8.83. The van der Waals surface area contributed by atoms with E-state index in [1.165, 1.54) is 0 Å². The molecule has 0 bridgehead atoms. The monoisotopic (exact) mass is 182 g/mol. The van der Waals surface area contributed by atoms with Crippen LogP contribution >= 0.6 is 0 Å². The van der Waals surface area contributed by atoms with Crippen molar-refractivity contribution in [1.29, 1.82) is 5.26 Å². The van der Waals surface area contributed by atoms with Crippen LogP contribution in [0.5, 0.6) is 0 Å². The summed E-state index contributed by atoms with van der Waals surface area (Å²) in [5.74, 6) is 0. The summed E-state index contributed by atoms with van der Waals surface area (Å²) in [6.07, 6.45) is 1.35. The van der Waals surface area contributed by atoms with Gasteiger partial charge in [-0.05, 0) is 27.2 Å². The molecule has 13 heavy (non-hydrogen) atoms. The summed E-state index contributed by atoms with van der Waals surface area (Å²) in [4.78, 5) is 0. The number of nitrogens with zero attached hydrogens (tertiary/aromatic N) is 1. The Balaban J connectivity index is 2.24. The van der Waals surface area contributed by atoms with Crippen molar-refractivity contribution in [2.24, 2.45) is 5.41 Å². The summed E-state index contributed by atoms with van der Waals surface area (Å²) in [7, 11) is 0. The maximum atomic E-state index is 8.83. The van der Waals surface area contributed by atoms with Gasteiger partial charge in [0, 0.05) is 13.1 Å². The lowest BCUT2D eigenvalue weighted by Gasteiger charge is -2.31. The Kier molecular flexibility index (Phi) is 3.29. The van der Waals surface area contributed by atoms with Crippen LogP contribution in [0.3, 0.4) is 0 Å². The van der Waals surface area contributed by atoms with Gasteiger partial charge in [-0.2, -0.15) is 5.26 Å². The third-order valence-corrected chi connectivity index (χ3v) is 2.27. The summed E-state index contributed by atoms with van der Waals surface area (Å²) in [6.45, 7) is 7.85. The summed E-state index contributed by atoms with van der Waals surface area (Å²) in [5, 5.41) is 12.0. The lowest BCUT2D eigenvalue weighted by molar-refractivity contribution is -0.0409. The van der Waals surface area contributed by atoms with Gasteiger partial charge in [-0.25, -0.2) is 0 Å². The van der Waals surface area contributed by atoms with E-state index in [0.29, 0.717) is 6.10 Å². The highest BCUT2D eigenvalue weighted by atomic mass is 16.5. The van der Waals surface area contributed by atoms with Crippen LogP contribution in [0.25, 0.3) is 0 Å². The molecule has 1 N–H and O–H groups in total. The third kappa shape index (κ3) is 3.33. The molecular formula is C10H18N2O. The zero-order valence-corrected chi connectivity index (χ0v) is 8.63. The molecular weight excluding hydrogens is 164 g/mol. The third-order valence-electron chi connectivity index (χ3n) is 2.27. The lowest BCUT2D eigenvalue weighted by atomic mass is 9.89. The van der Waals surface area contributed by atoms with Crippen LogP contribution in [0.1, 0.15) is 27.2 Å². The van der Waals surface area contributed by atoms with Crippen molar-refractivity contribution >= 4 is 0 Å². The van der Waals surface area contributed by atoms with Gasteiger partial charge in [0.05, 0.1) is 23.7 Å². The largest absolute Gasteiger partial charge is 0.373 e. The van der Waals surface area contributed by atoms with Gasteiger partial charge in [-0.3, -0.25) is 0 Å². The Hall–Kier alpha value is -0.590. The normalized spacial score (nSPS) is 20.5. The molecule has 0 aliphatic carbocycles. The number of nitriles is 1. The van der Waals surface area contributed by atoms with Crippen molar-refractivity contribution in [3.05, 3.63) is 0 Å². The molecule has 1 fully saturated rings. The van der Waals surface area contributed by atoms with Gasteiger partial charge in [-0.15, -0.1) is 0 Å². The summed E-state index contributed by atoms with van der Waals surface area (Å²) >= 11 is 0. The van der Waals surface area contributed by atoms with Crippen LogP contribution in [0.4, 0.5) is 0 Å². The van der Waals surface area contributed by atoms with Gasteiger partial charge < -0.3 is 10.1 Å². The quantitative estimate of drug-likeness (QED) is 0.713. The van der Waals surface area contributed by atoms with E-state index in [2.05, 4.69) is 11.4 Å². The Morgan fingerprint density at radius 1 is 1.62 bits per heavy atom. The molecule has 0 aromatic heterocycles. The first-order chi connectivity index (χ1) is 6.03. The van der Waals surface area contributed by atoms with E-state index in [4.69, 9.17) is 10.00 Å². The SMILES string of the molecule is CC(CC(C)(C)C#N)OC1CNC1. The molecule has 1 atom stereocenters. The second-order valence-electron chi connectivity index (χ2n) is 4.43. The van der Waals surface area contributed by atoms with Gasteiger partial charge in [0.15, 0.2) is 0 Å². The Labute approximate surface area is 80.1 Å². The Bertz CT molecular complexity index is 203. The van der Waals surface area contributed by atoms with Crippen molar-refractivity contribution in [3.8, 4) is 6.07 Å². The molecule has 74 valence electrons. The average molecular weight is 182 g/mol. The molecule has 1 saturated heterocycles. The van der Waals surface area contributed by atoms with Crippen molar-refractivity contribution < 1.29 is 4.74 Å². The molecule has 1 aliphatic heterocycles. The number of hydrogen-bond donors (Lipinski definition) is 1. The second kappa shape index (κ2) is 4.08. The lowest BCUT2D eigenvalue weighted by Crippen LogP contribution is -2.50. The molecule has 1 rings (SSSR count). The van der Waals surface area contributed by atoms with Crippen molar-refractivity contribution in [2.75, 3.05) is 13.1 Å². The van der Waals surface area contributed by atoms with Crippen LogP contribution in [0.2, 0.25) is 0 Å². The smallest absolute Gasteiger partial charge is 0.0827 e. The highest BCUT2D eigenvalue weighted by Gasteiger charge is 2.25. The van der Waals surface area contributed by atoms with Crippen molar-refractivity contribution in [2.45, 2.75) is 39.4 Å². The van der Waals surface area contributed by atoms with Gasteiger partial charge >= 0.3 is 0 Å². The predicted octanol–water partition coefficient (Wildman–Crippen LogP) is 1.30. The minimum absolute atomic E-state index is 0.182. The zero-order chi connectivity index (χ0) is 9.90. The topological polar surface area (TPSA) is 45.0 Å². The number of hydrogen-bond acceptors (Lipinski definition) is 3. The number of nitrogens with one attached hydrogen (secondary N) is 1. The molecule has 1 aliphatic rings. The highest BCUT2D eigenvalue weighted by Crippen LogP contribution is 2.23. The number of rotatable bonds is 4. The summed E-state index contributed by atoms with van der Waals surface area (Å²) < 4.78 is 5.71. The zero-order valence-electron chi connectivity index (χ0n) is 8.63. The predicted molar refractivity (Wildman–Crippen MR) is 51.2 cm³/mol. The fraction of sp³-hybridized carbons (Fsp3) is 0.900. The Morgan fingerprint density at radius 2 is 2.23 bits per heavy atom. The molecule has 0 amide bonds. The van der Waals surface area contributed by atoms with Gasteiger partial charge in [-0.1, -0.05) is 0 Å². The van der Waals surface area contributed by atoms with Crippen LogP contribution in [0, 0.1) is 16.7 Å². The van der Waals surface area contributed by atoms with E-state index in [0.717, 1.165) is 19.5 Å². The molecule has 0 aromatic carbocycles. The van der Waals surface area contributed by atoms with Gasteiger partial charge in [0.1, 0.15) is 0 Å². The van der Waals surface area contributed by atoms with E-state index < -0.39 is 0 Å². The van der Waals surface area contributed by atoms with E-state index in [1.54, 1.807) is 0 Å². The van der Waals surface area contributed by atoms with E-state index in [1.807, 2.05) is 20.8 Å². The van der Waals surface area contributed by atoms with Gasteiger partial charge in [0.25, 0.3) is 0 Å². The fourth-order valence-electron chi connectivity index (χ4n) is 1.50. The van der Waals surface area contributed by atoms with E-state index in [9.17, 15) is 0 Å².